The molecule has 0 saturated carbocycles. The van der Waals surface area contributed by atoms with Crippen LogP contribution in [-0.2, 0) is 9.59 Å². The second-order valence-corrected chi connectivity index (χ2v) is 3.36. The Morgan fingerprint density at radius 1 is 1.06 bits per heavy atom. The summed E-state index contributed by atoms with van der Waals surface area (Å²) >= 11 is 0. The molecule has 0 fully saturated rings. The smallest absolute Gasteiger partial charge is 0.239 e. The van der Waals surface area contributed by atoms with Crippen LogP contribution in [0.5, 0.6) is 0 Å². The molecular formula is C10H24Cl2N4O2. The molecule has 0 radical (unpaired) electrons. The van der Waals surface area contributed by atoms with Crippen LogP contribution in [0.4, 0.5) is 0 Å². The highest BCUT2D eigenvalue weighted by molar-refractivity contribution is 5.86. The van der Waals surface area contributed by atoms with Crippen molar-refractivity contribution in [2.24, 2.45) is 5.73 Å². The number of nitrogens with one attached hydrogen (secondary N) is 2. The molecule has 0 saturated heterocycles. The lowest BCUT2D eigenvalue weighted by molar-refractivity contribution is -0.125. The number of nitrogens with zero attached hydrogens (tertiary/aromatic N) is 1. The first-order valence-corrected chi connectivity index (χ1v) is 5.59. The van der Waals surface area contributed by atoms with Crippen molar-refractivity contribution < 1.29 is 9.59 Å². The molecule has 0 aromatic rings. The molecule has 0 rings (SSSR count). The summed E-state index contributed by atoms with van der Waals surface area (Å²) in [5, 5.41) is 5.13. The molecule has 4 N–H and O–H groups in total. The van der Waals surface area contributed by atoms with E-state index in [9.17, 15) is 9.59 Å². The van der Waals surface area contributed by atoms with Crippen LogP contribution in [0.1, 0.15) is 13.8 Å². The molecule has 0 unspecified atom stereocenters. The first-order valence-electron chi connectivity index (χ1n) is 5.59. The van der Waals surface area contributed by atoms with Crippen LogP contribution < -0.4 is 16.4 Å². The van der Waals surface area contributed by atoms with Gasteiger partial charge in [0.15, 0.2) is 0 Å². The predicted molar refractivity (Wildman–Crippen MR) is 77.4 cm³/mol. The summed E-state index contributed by atoms with van der Waals surface area (Å²) < 4.78 is 0. The maximum absolute atomic E-state index is 11.2. The fraction of sp³-hybridized carbons (Fsp3) is 0.800. The third kappa shape index (κ3) is 11.9. The van der Waals surface area contributed by atoms with Crippen molar-refractivity contribution in [2.75, 3.05) is 39.3 Å². The lowest BCUT2D eigenvalue weighted by Gasteiger charge is -2.17. The maximum atomic E-state index is 11.2. The van der Waals surface area contributed by atoms with Crippen molar-refractivity contribution in [2.45, 2.75) is 13.8 Å². The molecule has 0 aliphatic carbocycles. The predicted octanol–water partition coefficient (Wildman–Crippen LogP) is -0.637. The van der Waals surface area contributed by atoms with Crippen LogP contribution in [0.3, 0.4) is 0 Å². The zero-order valence-electron chi connectivity index (χ0n) is 10.9. The van der Waals surface area contributed by atoms with Gasteiger partial charge in [-0.15, -0.1) is 24.8 Å². The van der Waals surface area contributed by atoms with E-state index in [1.54, 1.807) is 0 Å². The first kappa shape index (κ1) is 22.6. The topological polar surface area (TPSA) is 87.5 Å². The van der Waals surface area contributed by atoms with Gasteiger partial charge in [-0.2, -0.15) is 0 Å². The van der Waals surface area contributed by atoms with Gasteiger partial charge in [-0.3, -0.25) is 9.59 Å². The average molecular weight is 303 g/mol. The van der Waals surface area contributed by atoms with Gasteiger partial charge in [0.05, 0.1) is 13.1 Å². The zero-order chi connectivity index (χ0) is 12.4. The number of hydrogen-bond donors (Lipinski definition) is 3. The van der Waals surface area contributed by atoms with Gasteiger partial charge in [0, 0.05) is 13.1 Å². The van der Waals surface area contributed by atoms with Gasteiger partial charge in [0.2, 0.25) is 11.8 Å². The molecule has 110 valence electrons. The lowest BCUT2D eigenvalue weighted by Crippen LogP contribution is -2.41. The summed E-state index contributed by atoms with van der Waals surface area (Å²) in [5.41, 5.74) is 5.08. The molecule has 0 aliphatic heterocycles. The molecule has 0 aliphatic rings. The zero-order valence-corrected chi connectivity index (χ0v) is 12.5. The van der Waals surface area contributed by atoms with E-state index in [0.29, 0.717) is 6.54 Å². The summed E-state index contributed by atoms with van der Waals surface area (Å²) in [7, 11) is 0. The summed E-state index contributed by atoms with van der Waals surface area (Å²) in [6.45, 7) is 7.41. The van der Waals surface area contributed by atoms with Gasteiger partial charge in [-0.05, 0) is 13.1 Å². The third-order valence-electron chi connectivity index (χ3n) is 2.28. The van der Waals surface area contributed by atoms with Crippen molar-refractivity contribution in [3.63, 3.8) is 0 Å². The van der Waals surface area contributed by atoms with E-state index < -0.39 is 0 Å². The SMILES string of the molecule is CCN(CC)CCNC(=O)CNC(=O)CN.Cl.Cl. The fourth-order valence-corrected chi connectivity index (χ4v) is 1.21. The number of carbonyl (C=O) groups is 2. The molecular weight excluding hydrogens is 279 g/mol. The van der Waals surface area contributed by atoms with E-state index in [2.05, 4.69) is 29.4 Å². The molecule has 0 aromatic heterocycles. The minimum Gasteiger partial charge on any atom is -0.353 e. The summed E-state index contributed by atoms with van der Waals surface area (Å²) in [5.74, 6) is -0.507. The van der Waals surface area contributed by atoms with E-state index in [4.69, 9.17) is 5.73 Å². The van der Waals surface area contributed by atoms with Gasteiger partial charge >= 0.3 is 0 Å². The molecule has 0 heterocycles. The maximum Gasteiger partial charge on any atom is 0.239 e. The van der Waals surface area contributed by atoms with Gasteiger partial charge in [-0.1, -0.05) is 13.8 Å². The van der Waals surface area contributed by atoms with Crippen LogP contribution in [0, 0.1) is 0 Å². The molecule has 8 heteroatoms. The van der Waals surface area contributed by atoms with Crippen LogP contribution in [0.2, 0.25) is 0 Å². The Morgan fingerprint density at radius 2 is 1.61 bits per heavy atom. The van der Waals surface area contributed by atoms with Crippen LogP contribution in [0.15, 0.2) is 0 Å². The van der Waals surface area contributed by atoms with Crippen molar-refractivity contribution >= 4 is 36.6 Å². The van der Waals surface area contributed by atoms with Gasteiger partial charge < -0.3 is 21.3 Å². The second-order valence-electron chi connectivity index (χ2n) is 3.36. The van der Waals surface area contributed by atoms with Crippen molar-refractivity contribution in [3.8, 4) is 0 Å². The lowest BCUT2D eigenvalue weighted by atomic mass is 10.4. The molecule has 0 aromatic carbocycles. The molecule has 0 spiro atoms. The Morgan fingerprint density at radius 3 is 2.06 bits per heavy atom. The highest BCUT2D eigenvalue weighted by Crippen LogP contribution is 1.83. The number of rotatable bonds is 8. The van der Waals surface area contributed by atoms with E-state index in [1.807, 2.05) is 0 Å². The Kier molecular flexibility index (Phi) is 18.2. The molecule has 6 nitrogen and oxygen atoms in total. The van der Waals surface area contributed by atoms with E-state index in [0.717, 1.165) is 19.6 Å². The minimum atomic E-state index is -0.320. The normalized spacial score (nSPS) is 9.11. The summed E-state index contributed by atoms with van der Waals surface area (Å²) in [6.07, 6.45) is 0. The first-order chi connectivity index (χ1) is 7.63. The van der Waals surface area contributed by atoms with E-state index in [-0.39, 0.29) is 49.7 Å². The molecule has 2 amide bonds. The van der Waals surface area contributed by atoms with Crippen LogP contribution in [0.25, 0.3) is 0 Å². The molecule has 0 atom stereocenters. The monoisotopic (exact) mass is 302 g/mol. The van der Waals surface area contributed by atoms with E-state index in [1.165, 1.54) is 0 Å². The van der Waals surface area contributed by atoms with Crippen LogP contribution >= 0.6 is 24.8 Å². The second kappa shape index (κ2) is 14.5. The number of likely N-dealkylation sites (N-methyl/N-ethyl adjacent to an activating group) is 1. The van der Waals surface area contributed by atoms with Crippen molar-refractivity contribution in [1.29, 1.82) is 0 Å². The molecule has 0 bridgehead atoms. The summed E-state index contributed by atoms with van der Waals surface area (Å²) in [4.78, 5) is 24.2. The van der Waals surface area contributed by atoms with Gasteiger partial charge in [0.25, 0.3) is 0 Å². The Labute approximate surface area is 121 Å². The Bertz CT molecular complexity index is 226. The van der Waals surface area contributed by atoms with Crippen molar-refractivity contribution in [1.82, 2.24) is 15.5 Å². The Hall–Kier alpha value is -0.560. The number of halogens is 2. The number of nitrogens with two attached hydrogens (primary N) is 1. The third-order valence-corrected chi connectivity index (χ3v) is 2.28. The average Bonchev–Trinajstić information content (AvgIpc) is 2.31. The largest absolute Gasteiger partial charge is 0.353 e. The summed E-state index contributed by atoms with van der Waals surface area (Å²) in [6, 6.07) is 0. The quantitative estimate of drug-likeness (QED) is 0.557. The Balaban J connectivity index is -0.00000112. The standard InChI is InChI=1S/C10H22N4O2.2ClH/c1-3-14(4-2)6-5-12-10(16)8-13-9(15)7-11;;/h3-8,11H2,1-2H3,(H,12,16)(H,13,15);2*1H. The fourth-order valence-electron chi connectivity index (χ4n) is 1.21. The molecule has 18 heavy (non-hydrogen) atoms. The minimum absolute atomic E-state index is 0. The highest BCUT2D eigenvalue weighted by Gasteiger charge is 2.04. The van der Waals surface area contributed by atoms with E-state index >= 15 is 0 Å². The van der Waals surface area contributed by atoms with Gasteiger partial charge in [-0.25, -0.2) is 0 Å². The van der Waals surface area contributed by atoms with Crippen molar-refractivity contribution in [3.05, 3.63) is 0 Å². The highest BCUT2D eigenvalue weighted by atomic mass is 35.5. The van der Waals surface area contributed by atoms with Gasteiger partial charge in [0.1, 0.15) is 0 Å². The number of carbonyl (C=O) groups excluding carboxylic acids is 2. The number of hydrogen-bond acceptors (Lipinski definition) is 4. The number of amides is 2. The van der Waals surface area contributed by atoms with Crippen LogP contribution in [-0.4, -0.2) is 56.0 Å².